The van der Waals surface area contributed by atoms with E-state index in [2.05, 4.69) is 37.2 Å². The lowest BCUT2D eigenvalue weighted by molar-refractivity contribution is 0.102. The van der Waals surface area contributed by atoms with Crippen LogP contribution in [0, 0.1) is 6.92 Å². The van der Waals surface area contributed by atoms with Gasteiger partial charge in [-0.2, -0.15) is 0 Å². The van der Waals surface area contributed by atoms with Crippen LogP contribution >= 0.6 is 31.9 Å². The first-order valence-electron chi connectivity index (χ1n) is 6.22. The number of hydrogen-bond acceptors (Lipinski definition) is 3. The number of fused-ring (bicyclic) bond motifs is 1. The molecule has 1 amide bonds. The summed E-state index contributed by atoms with van der Waals surface area (Å²) in [5, 5.41) is 2.89. The molecule has 3 rings (SSSR count). The summed E-state index contributed by atoms with van der Waals surface area (Å²) in [7, 11) is 0. The van der Waals surface area contributed by atoms with Crippen LogP contribution < -0.4 is 14.8 Å². The molecule has 0 aliphatic carbocycles. The molecule has 0 spiro atoms. The third kappa shape index (κ3) is 2.78. The van der Waals surface area contributed by atoms with E-state index in [1.165, 1.54) is 0 Å². The van der Waals surface area contributed by atoms with Gasteiger partial charge >= 0.3 is 0 Å². The topological polar surface area (TPSA) is 47.6 Å². The maximum Gasteiger partial charge on any atom is 0.256 e. The smallest absolute Gasteiger partial charge is 0.256 e. The zero-order chi connectivity index (χ0) is 15.0. The van der Waals surface area contributed by atoms with Crippen LogP contribution in [-0.4, -0.2) is 12.7 Å². The van der Waals surface area contributed by atoms with Gasteiger partial charge in [0, 0.05) is 8.95 Å². The Bertz CT molecular complexity index is 731. The Balaban J connectivity index is 1.91. The lowest BCUT2D eigenvalue weighted by Gasteiger charge is -2.10. The van der Waals surface area contributed by atoms with Gasteiger partial charge in [0.2, 0.25) is 6.79 Å². The third-order valence-corrected chi connectivity index (χ3v) is 4.86. The van der Waals surface area contributed by atoms with Crippen LogP contribution in [0.5, 0.6) is 11.5 Å². The Morgan fingerprint density at radius 2 is 1.90 bits per heavy atom. The van der Waals surface area contributed by atoms with Crippen molar-refractivity contribution in [2.24, 2.45) is 0 Å². The number of benzene rings is 2. The van der Waals surface area contributed by atoms with Crippen molar-refractivity contribution in [2.75, 3.05) is 12.1 Å². The summed E-state index contributed by atoms with van der Waals surface area (Å²) in [4.78, 5) is 12.4. The van der Waals surface area contributed by atoms with Gasteiger partial charge in [-0.15, -0.1) is 0 Å². The van der Waals surface area contributed by atoms with Crippen molar-refractivity contribution in [1.82, 2.24) is 0 Å². The zero-order valence-corrected chi connectivity index (χ0v) is 14.2. The zero-order valence-electron chi connectivity index (χ0n) is 11.1. The van der Waals surface area contributed by atoms with E-state index in [1.807, 2.05) is 25.1 Å². The quantitative estimate of drug-likeness (QED) is 0.789. The van der Waals surface area contributed by atoms with Crippen molar-refractivity contribution in [1.29, 1.82) is 0 Å². The minimum Gasteiger partial charge on any atom is -0.454 e. The normalized spacial score (nSPS) is 12.3. The van der Waals surface area contributed by atoms with Crippen LogP contribution in [0.2, 0.25) is 0 Å². The Hall–Kier alpha value is -1.53. The fourth-order valence-electron chi connectivity index (χ4n) is 2.02. The van der Waals surface area contributed by atoms with Crippen LogP contribution in [0.15, 0.2) is 39.3 Å². The van der Waals surface area contributed by atoms with Gasteiger partial charge in [0.15, 0.2) is 11.5 Å². The van der Waals surface area contributed by atoms with Gasteiger partial charge in [-0.1, -0.05) is 12.1 Å². The fraction of sp³-hybridized carbons (Fsp3) is 0.133. The predicted molar refractivity (Wildman–Crippen MR) is 87.1 cm³/mol. The number of hydrogen-bond donors (Lipinski definition) is 1. The second-order valence-electron chi connectivity index (χ2n) is 4.58. The van der Waals surface area contributed by atoms with Crippen molar-refractivity contribution in [2.45, 2.75) is 6.92 Å². The lowest BCUT2D eigenvalue weighted by Crippen LogP contribution is -2.13. The maximum atomic E-state index is 12.4. The van der Waals surface area contributed by atoms with Gasteiger partial charge in [-0.3, -0.25) is 4.79 Å². The Labute approximate surface area is 138 Å². The molecule has 2 aromatic rings. The van der Waals surface area contributed by atoms with Crippen LogP contribution in [0.1, 0.15) is 15.9 Å². The highest BCUT2D eigenvalue weighted by Crippen LogP contribution is 2.37. The Morgan fingerprint density at radius 1 is 1.19 bits per heavy atom. The van der Waals surface area contributed by atoms with E-state index in [9.17, 15) is 4.79 Å². The molecule has 0 atom stereocenters. The summed E-state index contributed by atoms with van der Waals surface area (Å²) < 4.78 is 12.1. The molecule has 0 bridgehead atoms. The summed E-state index contributed by atoms with van der Waals surface area (Å²) in [6.45, 7) is 2.15. The molecule has 0 fully saturated rings. The Morgan fingerprint density at radius 3 is 2.67 bits per heavy atom. The number of anilines is 1. The van der Waals surface area contributed by atoms with Crippen LogP contribution in [-0.2, 0) is 0 Å². The first-order valence-corrected chi connectivity index (χ1v) is 7.80. The molecule has 2 aromatic carbocycles. The number of nitrogens with one attached hydrogen (secondary N) is 1. The summed E-state index contributed by atoms with van der Waals surface area (Å²) in [5.74, 6) is 0.994. The molecule has 108 valence electrons. The summed E-state index contributed by atoms with van der Waals surface area (Å²) in [6.07, 6.45) is 0. The molecule has 21 heavy (non-hydrogen) atoms. The number of halogens is 2. The van der Waals surface area contributed by atoms with Crippen molar-refractivity contribution < 1.29 is 14.3 Å². The van der Waals surface area contributed by atoms with E-state index in [4.69, 9.17) is 9.47 Å². The molecule has 0 unspecified atom stereocenters. The summed E-state index contributed by atoms with van der Waals surface area (Å²) >= 11 is 6.87. The second kappa shape index (κ2) is 5.69. The average molecular weight is 413 g/mol. The van der Waals surface area contributed by atoms with Gasteiger partial charge in [0.05, 0.1) is 11.3 Å². The number of aryl methyl sites for hydroxylation is 1. The van der Waals surface area contributed by atoms with Crippen LogP contribution in [0.3, 0.4) is 0 Å². The van der Waals surface area contributed by atoms with Crippen LogP contribution in [0.25, 0.3) is 0 Å². The molecule has 1 heterocycles. The summed E-state index contributed by atoms with van der Waals surface area (Å²) in [5.41, 5.74) is 2.27. The molecule has 0 saturated heterocycles. The number of carbonyl (C=O) groups is 1. The SMILES string of the molecule is Cc1cccc(NC(=O)c2cc3c(cc2Br)OCO3)c1Br. The van der Waals surface area contributed by atoms with E-state index >= 15 is 0 Å². The van der Waals surface area contributed by atoms with Gasteiger partial charge < -0.3 is 14.8 Å². The number of carbonyl (C=O) groups excluding carboxylic acids is 1. The lowest BCUT2D eigenvalue weighted by atomic mass is 10.1. The molecule has 6 heteroatoms. The fourth-order valence-corrected chi connectivity index (χ4v) is 2.89. The van der Waals surface area contributed by atoms with Crippen molar-refractivity contribution in [3.63, 3.8) is 0 Å². The molecule has 0 saturated carbocycles. The largest absolute Gasteiger partial charge is 0.454 e. The van der Waals surface area contributed by atoms with Gasteiger partial charge in [0.1, 0.15) is 0 Å². The van der Waals surface area contributed by atoms with E-state index in [0.717, 1.165) is 15.7 Å². The molecular formula is C15H11Br2NO3. The van der Waals surface area contributed by atoms with Crippen molar-refractivity contribution in [3.05, 3.63) is 50.4 Å². The molecular weight excluding hydrogens is 402 g/mol. The highest BCUT2D eigenvalue weighted by Gasteiger charge is 2.20. The molecule has 1 aliphatic heterocycles. The minimum absolute atomic E-state index is 0.177. The minimum atomic E-state index is -0.216. The third-order valence-electron chi connectivity index (χ3n) is 3.15. The van der Waals surface area contributed by atoms with Gasteiger partial charge in [-0.05, 0) is 62.5 Å². The summed E-state index contributed by atoms with van der Waals surface area (Å²) in [6, 6.07) is 9.12. The Kier molecular flexibility index (Phi) is 3.91. The molecule has 4 nitrogen and oxygen atoms in total. The maximum absolute atomic E-state index is 12.4. The first-order chi connectivity index (χ1) is 10.1. The van der Waals surface area contributed by atoms with Gasteiger partial charge in [-0.25, -0.2) is 0 Å². The van der Waals surface area contributed by atoms with Crippen LogP contribution in [0.4, 0.5) is 5.69 Å². The molecule has 1 N–H and O–H groups in total. The van der Waals surface area contributed by atoms with E-state index in [0.29, 0.717) is 21.5 Å². The molecule has 0 radical (unpaired) electrons. The highest BCUT2D eigenvalue weighted by molar-refractivity contribution is 9.11. The number of amides is 1. The number of ether oxygens (including phenoxy) is 2. The van der Waals surface area contributed by atoms with Crippen molar-refractivity contribution >= 4 is 43.5 Å². The standard InChI is InChI=1S/C15H11Br2NO3/c1-8-3-2-4-11(14(8)17)18-15(19)9-5-12-13(6-10(9)16)21-7-20-12/h2-6H,7H2,1H3,(H,18,19). The monoisotopic (exact) mass is 411 g/mol. The second-order valence-corrected chi connectivity index (χ2v) is 6.22. The van der Waals surface area contributed by atoms with Gasteiger partial charge in [0.25, 0.3) is 5.91 Å². The number of rotatable bonds is 2. The predicted octanol–water partition coefficient (Wildman–Crippen LogP) is 4.50. The van der Waals surface area contributed by atoms with E-state index < -0.39 is 0 Å². The van der Waals surface area contributed by atoms with E-state index in [-0.39, 0.29) is 12.7 Å². The van der Waals surface area contributed by atoms with Crippen molar-refractivity contribution in [3.8, 4) is 11.5 Å². The van der Waals surface area contributed by atoms with E-state index in [1.54, 1.807) is 12.1 Å². The molecule has 1 aliphatic rings. The highest BCUT2D eigenvalue weighted by atomic mass is 79.9. The average Bonchev–Trinajstić information content (AvgIpc) is 2.90. The molecule has 0 aromatic heterocycles. The first kappa shape index (κ1) is 14.4.